The Hall–Kier alpha value is -1.30. The molecular weight excluding hydrogens is 252 g/mol. The van der Waals surface area contributed by atoms with Crippen LogP contribution in [-0.4, -0.2) is 26.4 Å². The van der Waals surface area contributed by atoms with Crippen LogP contribution < -0.4 is 5.56 Å². The summed E-state index contributed by atoms with van der Waals surface area (Å²) >= 11 is 1.49. The maximum Gasteiger partial charge on any atom is 0.305 e. The second kappa shape index (κ2) is 4.42. The van der Waals surface area contributed by atoms with E-state index >= 15 is 0 Å². The second-order valence-electron chi connectivity index (χ2n) is 4.76. The molecule has 2 aliphatic rings. The number of aromatic nitrogens is 2. The number of aliphatic carboxylic acids is 1. The number of carboxylic acids is 1. The van der Waals surface area contributed by atoms with Gasteiger partial charge < -0.3 is 5.11 Å². The fourth-order valence-electron chi connectivity index (χ4n) is 2.67. The summed E-state index contributed by atoms with van der Waals surface area (Å²) in [4.78, 5) is 27.8. The monoisotopic (exact) mass is 266 g/mol. The van der Waals surface area contributed by atoms with Crippen LogP contribution >= 0.6 is 11.8 Å². The van der Waals surface area contributed by atoms with E-state index in [1.165, 1.54) is 11.8 Å². The number of thioether (sulfide) groups is 1. The van der Waals surface area contributed by atoms with E-state index in [1.54, 1.807) is 4.57 Å². The Labute approximate surface area is 108 Å². The summed E-state index contributed by atoms with van der Waals surface area (Å²) in [5.41, 5.74) is 1.73. The number of hydrogen-bond acceptors (Lipinski definition) is 4. The number of carboxylic acid groups (broad SMARTS) is 1. The van der Waals surface area contributed by atoms with E-state index in [4.69, 9.17) is 5.11 Å². The molecule has 0 spiro atoms. The van der Waals surface area contributed by atoms with Gasteiger partial charge in [-0.2, -0.15) is 0 Å². The van der Waals surface area contributed by atoms with Crippen molar-refractivity contribution in [3.05, 3.63) is 21.6 Å². The lowest BCUT2D eigenvalue weighted by Crippen LogP contribution is -2.31. The smallest absolute Gasteiger partial charge is 0.305 e. The minimum Gasteiger partial charge on any atom is -0.481 e. The van der Waals surface area contributed by atoms with E-state index in [0.29, 0.717) is 10.9 Å². The lowest BCUT2D eigenvalue weighted by Gasteiger charge is -2.18. The molecule has 1 unspecified atom stereocenters. The Balaban J connectivity index is 2.08. The van der Waals surface area contributed by atoms with Gasteiger partial charge >= 0.3 is 5.97 Å². The Kier molecular flexibility index (Phi) is 2.89. The van der Waals surface area contributed by atoms with Crippen molar-refractivity contribution >= 4 is 17.7 Å². The highest BCUT2D eigenvalue weighted by molar-refractivity contribution is 7.99. The predicted molar refractivity (Wildman–Crippen MR) is 67.2 cm³/mol. The SMILES string of the molecule is O=C(O)CC1CSc2nc3c(c(=O)n21)CCCC3. The molecule has 0 saturated heterocycles. The molecule has 0 bridgehead atoms. The standard InChI is InChI=1S/C12H14N2O3S/c15-10(16)5-7-6-18-12-13-9-4-2-1-3-8(9)11(17)14(7)12/h7H,1-6H2,(H,15,16). The van der Waals surface area contributed by atoms with Gasteiger partial charge in [0.05, 0.1) is 18.2 Å². The molecular formula is C12H14N2O3S. The van der Waals surface area contributed by atoms with Crippen molar-refractivity contribution in [2.24, 2.45) is 0 Å². The summed E-state index contributed by atoms with van der Waals surface area (Å²) in [6.45, 7) is 0. The molecule has 0 amide bonds. The molecule has 0 aromatic carbocycles. The van der Waals surface area contributed by atoms with Gasteiger partial charge in [-0.05, 0) is 25.7 Å². The van der Waals surface area contributed by atoms with Crippen LogP contribution in [-0.2, 0) is 17.6 Å². The largest absolute Gasteiger partial charge is 0.481 e. The van der Waals surface area contributed by atoms with Crippen molar-refractivity contribution in [2.45, 2.75) is 43.3 Å². The highest BCUT2D eigenvalue weighted by atomic mass is 32.2. The Bertz CT molecular complexity index is 567. The van der Waals surface area contributed by atoms with Gasteiger partial charge in [-0.25, -0.2) is 4.98 Å². The summed E-state index contributed by atoms with van der Waals surface area (Å²) in [5.74, 6) is -0.227. The minimum atomic E-state index is -0.863. The third-order valence-corrected chi connectivity index (χ3v) is 4.63. The van der Waals surface area contributed by atoms with Crippen LogP contribution in [0.3, 0.4) is 0 Å². The third kappa shape index (κ3) is 1.84. The van der Waals surface area contributed by atoms with Crippen molar-refractivity contribution < 1.29 is 9.90 Å². The molecule has 2 heterocycles. The van der Waals surface area contributed by atoms with Crippen LogP contribution in [0.15, 0.2) is 9.95 Å². The summed E-state index contributed by atoms with van der Waals surface area (Å²) in [6, 6.07) is -0.241. The number of carbonyl (C=O) groups is 1. The van der Waals surface area contributed by atoms with Gasteiger partial charge in [-0.3, -0.25) is 14.2 Å². The Morgan fingerprint density at radius 1 is 1.44 bits per heavy atom. The zero-order valence-electron chi connectivity index (χ0n) is 9.89. The summed E-state index contributed by atoms with van der Waals surface area (Å²) in [5, 5.41) is 9.58. The molecule has 5 nitrogen and oxygen atoms in total. The third-order valence-electron chi connectivity index (χ3n) is 3.53. The molecule has 3 rings (SSSR count). The summed E-state index contributed by atoms with van der Waals surface area (Å²) in [7, 11) is 0. The first-order valence-corrected chi connectivity index (χ1v) is 7.14. The first-order valence-electron chi connectivity index (χ1n) is 6.15. The lowest BCUT2D eigenvalue weighted by molar-refractivity contribution is -0.137. The number of rotatable bonds is 2. The van der Waals surface area contributed by atoms with E-state index in [1.807, 2.05) is 0 Å². The minimum absolute atomic E-state index is 0.000370. The van der Waals surface area contributed by atoms with Gasteiger partial charge in [0.25, 0.3) is 5.56 Å². The average molecular weight is 266 g/mol. The van der Waals surface area contributed by atoms with E-state index in [2.05, 4.69) is 4.98 Å². The number of nitrogens with zero attached hydrogens (tertiary/aromatic N) is 2. The van der Waals surface area contributed by atoms with Gasteiger partial charge in [0, 0.05) is 11.3 Å². The Morgan fingerprint density at radius 2 is 2.22 bits per heavy atom. The summed E-state index contributed by atoms with van der Waals surface area (Å²) in [6.07, 6.45) is 3.78. The number of fused-ring (bicyclic) bond motifs is 2. The topological polar surface area (TPSA) is 72.2 Å². The van der Waals surface area contributed by atoms with Crippen LogP contribution in [0.25, 0.3) is 0 Å². The van der Waals surface area contributed by atoms with Gasteiger partial charge in [-0.1, -0.05) is 11.8 Å². The summed E-state index contributed by atoms with van der Waals surface area (Å²) < 4.78 is 1.60. The first-order chi connectivity index (χ1) is 8.66. The molecule has 1 aliphatic carbocycles. The van der Waals surface area contributed by atoms with E-state index in [-0.39, 0.29) is 18.0 Å². The van der Waals surface area contributed by atoms with Gasteiger partial charge in [0.2, 0.25) is 0 Å². The maximum atomic E-state index is 12.4. The molecule has 96 valence electrons. The molecule has 1 aliphatic heterocycles. The van der Waals surface area contributed by atoms with E-state index < -0.39 is 5.97 Å². The van der Waals surface area contributed by atoms with Crippen molar-refractivity contribution in [1.29, 1.82) is 0 Å². The van der Waals surface area contributed by atoms with Gasteiger partial charge in [-0.15, -0.1) is 0 Å². The molecule has 6 heteroatoms. The molecule has 0 saturated carbocycles. The van der Waals surface area contributed by atoms with Crippen molar-refractivity contribution in [1.82, 2.24) is 9.55 Å². The van der Waals surface area contributed by atoms with E-state index in [9.17, 15) is 9.59 Å². The van der Waals surface area contributed by atoms with Crippen LogP contribution in [0.5, 0.6) is 0 Å². The van der Waals surface area contributed by atoms with Crippen molar-refractivity contribution in [3.8, 4) is 0 Å². The predicted octanol–water partition coefficient (Wildman–Crippen LogP) is 1.24. The molecule has 0 fully saturated rings. The highest BCUT2D eigenvalue weighted by Crippen LogP contribution is 2.33. The zero-order chi connectivity index (χ0) is 12.7. The second-order valence-corrected chi connectivity index (χ2v) is 5.75. The zero-order valence-corrected chi connectivity index (χ0v) is 10.7. The van der Waals surface area contributed by atoms with E-state index in [0.717, 1.165) is 36.9 Å². The Morgan fingerprint density at radius 3 is 3.00 bits per heavy atom. The van der Waals surface area contributed by atoms with Crippen LogP contribution in [0.2, 0.25) is 0 Å². The fourth-order valence-corrected chi connectivity index (χ4v) is 3.82. The lowest BCUT2D eigenvalue weighted by atomic mass is 9.97. The van der Waals surface area contributed by atoms with Crippen LogP contribution in [0.4, 0.5) is 0 Å². The van der Waals surface area contributed by atoms with Gasteiger partial charge in [0.15, 0.2) is 5.16 Å². The first kappa shape index (κ1) is 11.8. The average Bonchev–Trinajstić information content (AvgIpc) is 2.72. The molecule has 1 aromatic heterocycles. The van der Waals surface area contributed by atoms with Crippen LogP contribution in [0.1, 0.15) is 36.6 Å². The molecule has 18 heavy (non-hydrogen) atoms. The highest BCUT2D eigenvalue weighted by Gasteiger charge is 2.30. The molecule has 1 aromatic rings. The van der Waals surface area contributed by atoms with Crippen molar-refractivity contribution in [2.75, 3.05) is 5.75 Å². The van der Waals surface area contributed by atoms with Crippen molar-refractivity contribution in [3.63, 3.8) is 0 Å². The quantitative estimate of drug-likeness (QED) is 0.815. The van der Waals surface area contributed by atoms with Gasteiger partial charge in [0.1, 0.15) is 0 Å². The van der Waals surface area contributed by atoms with Crippen LogP contribution in [0, 0.1) is 0 Å². The molecule has 0 radical (unpaired) electrons. The molecule has 1 atom stereocenters. The maximum absolute atomic E-state index is 12.4. The fraction of sp³-hybridized carbons (Fsp3) is 0.583. The molecule has 1 N–H and O–H groups in total. The number of aryl methyl sites for hydroxylation is 1. The normalized spacial score (nSPS) is 21.4. The number of hydrogen-bond donors (Lipinski definition) is 1.